The molecule has 1 saturated carbocycles. The highest BCUT2D eigenvalue weighted by Gasteiger charge is 2.41. The highest BCUT2D eigenvalue weighted by Crippen LogP contribution is 2.36. The summed E-state index contributed by atoms with van der Waals surface area (Å²) >= 11 is 0. The van der Waals surface area contributed by atoms with E-state index in [9.17, 15) is 9.18 Å². The van der Waals surface area contributed by atoms with Gasteiger partial charge in [0.15, 0.2) is 0 Å². The molecule has 29 heavy (non-hydrogen) atoms. The minimum atomic E-state index is -0.472. The number of carbonyl (C=O) groups excluding carboxylic acids is 1. The average molecular weight is 407 g/mol. The SMILES string of the molecule is COCc1cc(CN[C@@H]2CCC[C@@H]2[C@H]2CCCN2C(=O)OC(C)(C)C)ccc1F. The van der Waals surface area contributed by atoms with Gasteiger partial charge in [0.05, 0.1) is 6.61 Å². The molecule has 162 valence electrons. The Morgan fingerprint density at radius 2 is 2.03 bits per heavy atom. The Kier molecular flexibility index (Phi) is 7.17. The first-order valence-electron chi connectivity index (χ1n) is 10.8. The molecular formula is C23H35FN2O3. The van der Waals surface area contributed by atoms with Gasteiger partial charge in [-0.15, -0.1) is 0 Å². The molecule has 1 aliphatic carbocycles. The second kappa shape index (κ2) is 9.43. The van der Waals surface area contributed by atoms with Gasteiger partial charge in [-0.1, -0.05) is 12.5 Å². The standard InChI is InChI=1S/C23H35FN2O3/c1-23(2,3)29-22(27)26-12-6-9-21(26)18-7-5-8-20(18)25-14-16-10-11-19(24)17(13-16)15-28-4/h10-11,13,18,20-21,25H,5-9,12,14-15H2,1-4H3/t18-,20+,21+/m0/s1. The molecule has 1 aliphatic heterocycles. The number of hydrogen-bond donors (Lipinski definition) is 1. The lowest BCUT2D eigenvalue weighted by atomic mass is 9.92. The molecule has 0 aromatic heterocycles. The van der Waals surface area contributed by atoms with Gasteiger partial charge >= 0.3 is 6.09 Å². The summed E-state index contributed by atoms with van der Waals surface area (Å²) in [6.45, 7) is 7.49. The monoisotopic (exact) mass is 406 g/mol. The van der Waals surface area contributed by atoms with Crippen molar-refractivity contribution >= 4 is 6.09 Å². The van der Waals surface area contributed by atoms with Crippen LogP contribution in [0, 0.1) is 11.7 Å². The van der Waals surface area contributed by atoms with Crippen molar-refractivity contribution in [2.45, 2.75) is 83.7 Å². The summed E-state index contributed by atoms with van der Waals surface area (Å²) in [6.07, 6.45) is 5.28. The van der Waals surface area contributed by atoms with Crippen LogP contribution >= 0.6 is 0 Å². The number of amides is 1. The van der Waals surface area contributed by atoms with Gasteiger partial charge in [-0.2, -0.15) is 0 Å². The Hall–Kier alpha value is -1.66. The zero-order chi connectivity index (χ0) is 21.0. The van der Waals surface area contributed by atoms with Crippen LogP contribution in [0.4, 0.5) is 9.18 Å². The first-order chi connectivity index (χ1) is 13.8. The molecule has 0 bridgehead atoms. The summed E-state index contributed by atoms with van der Waals surface area (Å²) in [5, 5.41) is 3.68. The predicted molar refractivity (Wildman–Crippen MR) is 111 cm³/mol. The molecule has 1 amide bonds. The number of hydrogen-bond acceptors (Lipinski definition) is 4. The summed E-state index contributed by atoms with van der Waals surface area (Å²) < 4.78 is 24.6. The third kappa shape index (κ3) is 5.70. The molecule has 1 aromatic carbocycles. The zero-order valence-corrected chi connectivity index (χ0v) is 18.2. The van der Waals surface area contributed by atoms with Gasteiger partial charge in [0.25, 0.3) is 0 Å². The quantitative estimate of drug-likeness (QED) is 0.748. The van der Waals surface area contributed by atoms with Crippen LogP contribution in [0.1, 0.15) is 64.0 Å². The maximum Gasteiger partial charge on any atom is 0.410 e. The number of carbonyl (C=O) groups is 1. The van der Waals surface area contributed by atoms with Crippen LogP contribution in [0.15, 0.2) is 18.2 Å². The number of halogens is 1. The number of likely N-dealkylation sites (tertiary alicyclic amines) is 1. The summed E-state index contributed by atoms with van der Waals surface area (Å²) in [7, 11) is 1.57. The zero-order valence-electron chi connectivity index (χ0n) is 18.2. The average Bonchev–Trinajstić information content (AvgIpc) is 3.29. The van der Waals surface area contributed by atoms with Crippen molar-refractivity contribution < 1.29 is 18.7 Å². The van der Waals surface area contributed by atoms with E-state index in [1.807, 2.05) is 37.8 Å². The fourth-order valence-electron chi connectivity index (χ4n) is 4.74. The van der Waals surface area contributed by atoms with Crippen LogP contribution in [0.3, 0.4) is 0 Å². The Morgan fingerprint density at radius 3 is 2.76 bits per heavy atom. The third-order valence-electron chi connectivity index (χ3n) is 5.97. The second-order valence-corrected chi connectivity index (χ2v) is 9.32. The van der Waals surface area contributed by atoms with Crippen molar-refractivity contribution in [3.8, 4) is 0 Å². The van der Waals surface area contributed by atoms with Crippen molar-refractivity contribution in [1.29, 1.82) is 0 Å². The number of nitrogens with zero attached hydrogens (tertiary/aromatic N) is 1. The molecule has 2 fully saturated rings. The molecule has 0 radical (unpaired) electrons. The van der Waals surface area contributed by atoms with E-state index >= 15 is 0 Å². The Balaban J connectivity index is 1.62. The molecule has 3 rings (SSSR count). The Bertz CT molecular complexity index is 704. The van der Waals surface area contributed by atoms with E-state index in [1.54, 1.807) is 7.11 Å². The topological polar surface area (TPSA) is 50.8 Å². The van der Waals surface area contributed by atoms with Gasteiger partial charge in [-0.3, -0.25) is 0 Å². The van der Waals surface area contributed by atoms with E-state index in [0.29, 0.717) is 24.1 Å². The number of rotatable bonds is 6. The maximum absolute atomic E-state index is 13.9. The number of ether oxygens (including phenoxy) is 2. The predicted octanol–water partition coefficient (Wildman–Crippen LogP) is 4.63. The van der Waals surface area contributed by atoms with E-state index in [2.05, 4.69) is 5.32 Å². The summed E-state index contributed by atoms with van der Waals surface area (Å²) in [5.74, 6) is 0.206. The van der Waals surface area contributed by atoms with E-state index in [1.165, 1.54) is 12.5 Å². The smallest absolute Gasteiger partial charge is 0.410 e. The first-order valence-corrected chi connectivity index (χ1v) is 10.8. The molecule has 0 spiro atoms. The normalized spacial score (nSPS) is 24.9. The third-order valence-corrected chi connectivity index (χ3v) is 5.97. The molecule has 5 nitrogen and oxygen atoms in total. The van der Waals surface area contributed by atoms with Gasteiger partial charge in [-0.25, -0.2) is 9.18 Å². The van der Waals surface area contributed by atoms with Gasteiger partial charge in [0.1, 0.15) is 11.4 Å². The van der Waals surface area contributed by atoms with Gasteiger partial charge in [-0.05, 0) is 70.1 Å². The van der Waals surface area contributed by atoms with Crippen LogP contribution in [0.5, 0.6) is 0 Å². The summed E-state index contributed by atoms with van der Waals surface area (Å²) in [4.78, 5) is 14.6. The lowest BCUT2D eigenvalue weighted by Gasteiger charge is -2.34. The van der Waals surface area contributed by atoms with Crippen LogP contribution in [-0.4, -0.2) is 42.3 Å². The minimum Gasteiger partial charge on any atom is -0.444 e. The highest BCUT2D eigenvalue weighted by molar-refractivity contribution is 5.69. The van der Waals surface area contributed by atoms with Crippen molar-refractivity contribution in [2.24, 2.45) is 5.92 Å². The van der Waals surface area contributed by atoms with Crippen molar-refractivity contribution in [3.05, 3.63) is 35.1 Å². The van der Waals surface area contributed by atoms with Gasteiger partial charge in [0, 0.05) is 37.8 Å². The molecule has 3 atom stereocenters. The Morgan fingerprint density at radius 1 is 1.24 bits per heavy atom. The molecule has 1 heterocycles. The summed E-state index contributed by atoms with van der Waals surface area (Å²) in [6, 6.07) is 5.81. The fraction of sp³-hybridized carbons (Fsp3) is 0.696. The van der Waals surface area contributed by atoms with Crippen LogP contribution < -0.4 is 5.32 Å². The number of benzene rings is 1. The van der Waals surface area contributed by atoms with Crippen LogP contribution in [0.2, 0.25) is 0 Å². The van der Waals surface area contributed by atoms with Crippen LogP contribution in [0.25, 0.3) is 0 Å². The van der Waals surface area contributed by atoms with E-state index in [4.69, 9.17) is 9.47 Å². The molecule has 6 heteroatoms. The number of nitrogens with one attached hydrogen (secondary N) is 1. The van der Waals surface area contributed by atoms with Crippen molar-refractivity contribution in [2.75, 3.05) is 13.7 Å². The largest absolute Gasteiger partial charge is 0.444 e. The molecule has 1 aromatic rings. The van der Waals surface area contributed by atoms with E-state index in [0.717, 1.165) is 37.8 Å². The Labute approximate surface area is 173 Å². The van der Waals surface area contributed by atoms with Crippen molar-refractivity contribution in [1.82, 2.24) is 10.2 Å². The lowest BCUT2D eigenvalue weighted by Crippen LogP contribution is -2.47. The minimum absolute atomic E-state index is 0.187. The lowest BCUT2D eigenvalue weighted by molar-refractivity contribution is 0.0166. The maximum atomic E-state index is 13.9. The van der Waals surface area contributed by atoms with Gasteiger partial charge in [0.2, 0.25) is 0 Å². The van der Waals surface area contributed by atoms with Crippen LogP contribution in [-0.2, 0) is 22.6 Å². The number of methoxy groups -OCH3 is 1. The van der Waals surface area contributed by atoms with Crippen molar-refractivity contribution in [3.63, 3.8) is 0 Å². The molecule has 1 saturated heterocycles. The molecule has 1 N–H and O–H groups in total. The van der Waals surface area contributed by atoms with E-state index in [-0.39, 0.29) is 24.6 Å². The fourth-order valence-corrected chi connectivity index (χ4v) is 4.74. The second-order valence-electron chi connectivity index (χ2n) is 9.32. The summed E-state index contributed by atoms with van der Waals surface area (Å²) in [5.41, 5.74) is 1.17. The highest BCUT2D eigenvalue weighted by atomic mass is 19.1. The molecule has 0 unspecified atom stereocenters. The molecular weight excluding hydrogens is 371 g/mol. The van der Waals surface area contributed by atoms with E-state index < -0.39 is 5.60 Å². The first kappa shape index (κ1) is 22.0. The molecule has 2 aliphatic rings. The van der Waals surface area contributed by atoms with Gasteiger partial charge < -0.3 is 19.7 Å².